The summed E-state index contributed by atoms with van der Waals surface area (Å²) in [6.07, 6.45) is 1.44. The molecule has 0 amide bonds. The summed E-state index contributed by atoms with van der Waals surface area (Å²) in [5, 5.41) is 0. The zero-order valence-electron chi connectivity index (χ0n) is 6.74. The predicted octanol–water partition coefficient (Wildman–Crippen LogP) is 3.08. The Morgan fingerprint density at radius 2 is 1.44 bits per heavy atom. The summed E-state index contributed by atoms with van der Waals surface area (Å²) in [7, 11) is 0. The van der Waals surface area contributed by atoms with Gasteiger partial charge >= 0.3 is 60.3 Å². The van der Waals surface area contributed by atoms with Crippen molar-refractivity contribution in [2.24, 2.45) is 0 Å². The first-order valence-electron chi connectivity index (χ1n) is 3.68. The van der Waals surface area contributed by atoms with Crippen molar-refractivity contribution in [3.63, 3.8) is 0 Å². The molecular formula is C7H18FSn. The van der Waals surface area contributed by atoms with Crippen molar-refractivity contribution in [3.05, 3.63) is 0 Å². The molecule has 0 fully saturated rings. The maximum Gasteiger partial charge on any atom is -0.269 e. The van der Waals surface area contributed by atoms with Gasteiger partial charge in [-0.05, 0) is 0 Å². The molecule has 0 spiro atoms. The van der Waals surface area contributed by atoms with E-state index in [1.54, 1.807) is 13.3 Å². The molecular weight excluding hydrogens is 222 g/mol. The molecule has 0 rings (SSSR count). The molecule has 0 aliphatic heterocycles. The van der Waals surface area contributed by atoms with Crippen molar-refractivity contribution in [1.82, 2.24) is 0 Å². The molecule has 0 aromatic heterocycles. The fourth-order valence-corrected chi connectivity index (χ4v) is 6.42. The van der Waals surface area contributed by atoms with Crippen LogP contribution >= 0.6 is 0 Å². The molecule has 0 heterocycles. The van der Waals surface area contributed by atoms with Crippen molar-refractivity contribution in [2.75, 3.05) is 0 Å². The van der Waals surface area contributed by atoms with Gasteiger partial charge in [-0.25, -0.2) is 0 Å². The molecule has 0 aromatic carbocycles. The van der Waals surface area contributed by atoms with Gasteiger partial charge < -0.3 is 0 Å². The summed E-state index contributed by atoms with van der Waals surface area (Å²) in [5.41, 5.74) is 0. The van der Waals surface area contributed by atoms with Crippen LogP contribution in [0.3, 0.4) is 0 Å². The fraction of sp³-hybridized carbons (Fsp3) is 1.00. The first-order valence-corrected chi connectivity index (χ1v) is 9.74. The predicted molar refractivity (Wildman–Crippen MR) is 44.3 cm³/mol. The third kappa shape index (κ3) is 6.62. The van der Waals surface area contributed by atoms with Crippen LogP contribution in [0.25, 0.3) is 0 Å². The van der Waals surface area contributed by atoms with Crippen LogP contribution in [0.5, 0.6) is 0 Å². The SMILES string of the molecule is CC[CH2][Sn]([CH2]C)[CH2]C.F. The first kappa shape index (κ1) is 12.4. The van der Waals surface area contributed by atoms with Crippen molar-refractivity contribution >= 4 is 19.8 Å². The van der Waals surface area contributed by atoms with E-state index in [0.29, 0.717) is 0 Å². The minimum atomic E-state index is -0.688. The van der Waals surface area contributed by atoms with Crippen LogP contribution in [0, 0.1) is 0 Å². The second-order valence-corrected chi connectivity index (χ2v) is 12.0. The van der Waals surface area contributed by atoms with Crippen LogP contribution in [0.1, 0.15) is 27.2 Å². The zero-order chi connectivity index (χ0) is 6.41. The molecule has 9 heavy (non-hydrogen) atoms. The second kappa shape index (κ2) is 8.73. The van der Waals surface area contributed by atoms with Crippen LogP contribution in [0.2, 0.25) is 13.3 Å². The first-order chi connectivity index (χ1) is 3.85. The van der Waals surface area contributed by atoms with Gasteiger partial charge in [0.15, 0.2) is 0 Å². The Kier molecular flexibility index (Phi) is 12.0. The van der Waals surface area contributed by atoms with E-state index in [1.807, 2.05) is 0 Å². The average Bonchev–Trinajstić information content (AvgIpc) is 1.83. The second-order valence-electron chi connectivity index (χ2n) is 2.21. The maximum atomic E-state index is 2.37. The standard InChI is InChI=1S/C3H7.2C2H5.FH.Sn/c1-3-2;2*1-2;;/h1,3H2,2H3;2*1H2,2H3;1H;. The molecule has 0 unspecified atom stereocenters. The van der Waals surface area contributed by atoms with Crippen molar-refractivity contribution in [1.29, 1.82) is 0 Å². The third-order valence-electron chi connectivity index (χ3n) is 1.60. The summed E-state index contributed by atoms with van der Waals surface area (Å²) in [5.74, 6) is 0. The van der Waals surface area contributed by atoms with Gasteiger partial charge in [0.2, 0.25) is 0 Å². The van der Waals surface area contributed by atoms with Gasteiger partial charge in [0.25, 0.3) is 0 Å². The number of rotatable bonds is 4. The van der Waals surface area contributed by atoms with Crippen LogP contribution in [-0.4, -0.2) is 19.8 Å². The smallest absolute Gasteiger partial charge is 0.269 e. The van der Waals surface area contributed by atoms with Gasteiger partial charge in [-0.15, -0.1) is 0 Å². The Labute approximate surface area is 65.1 Å². The minimum Gasteiger partial charge on any atom is -0.269 e. The molecule has 0 aliphatic carbocycles. The van der Waals surface area contributed by atoms with Crippen molar-refractivity contribution in [3.8, 4) is 0 Å². The summed E-state index contributed by atoms with van der Waals surface area (Å²) >= 11 is -0.688. The molecule has 0 N–H and O–H groups in total. The van der Waals surface area contributed by atoms with Crippen molar-refractivity contribution in [2.45, 2.75) is 40.5 Å². The zero-order valence-corrected chi connectivity index (χ0v) is 9.59. The van der Waals surface area contributed by atoms with E-state index in [-0.39, 0.29) is 4.70 Å². The summed E-state index contributed by atoms with van der Waals surface area (Å²) in [6, 6.07) is 0. The van der Waals surface area contributed by atoms with E-state index in [0.717, 1.165) is 0 Å². The number of hydrogen-bond acceptors (Lipinski definition) is 0. The van der Waals surface area contributed by atoms with Crippen LogP contribution in [0.15, 0.2) is 0 Å². The van der Waals surface area contributed by atoms with E-state index in [4.69, 9.17) is 0 Å². The largest absolute Gasteiger partial charge is 0.269 e. The number of hydrogen-bond donors (Lipinski definition) is 0. The van der Waals surface area contributed by atoms with E-state index in [2.05, 4.69) is 20.8 Å². The Morgan fingerprint density at radius 1 is 1.00 bits per heavy atom. The molecule has 1 radical (unpaired) electrons. The Balaban J connectivity index is 0. The molecule has 2 heteroatoms. The average molecular weight is 240 g/mol. The molecule has 0 saturated heterocycles. The van der Waals surface area contributed by atoms with Gasteiger partial charge in [0.1, 0.15) is 0 Å². The summed E-state index contributed by atoms with van der Waals surface area (Å²) in [4.78, 5) is 0. The molecule has 0 aromatic rings. The van der Waals surface area contributed by atoms with Crippen LogP contribution < -0.4 is 0 Å². The molecule has 57 valence electrons. The Morgan fingerprint density at radius 3 is 1.56 bits per heavy atom. The molecule has 0 atom stereocenters. The van der Waals surface area contributed by atoms with Crippen LogP contribution in [0.4, 0.5) is 4.70 Å². The molecule has 0 saturated carbocycles. The molecule has 0 aliphatic rings. The number of halogens is 1. The summed E-state index contributed by atoms with van der Waals surface area (Å²) < 4.78 is 4.74. The van der Waals surface area contributed by atoms with E-state index >= 15 is 0 Å². The van der Waals surface area contributed by atoms with Crippen molar-refractivity contribution < 1.29 is 4.70 Å². The molecule has 0 nitrogen and oxygen atoms in total. The quantitative estimate of drug-likeness (QED) is 0.662. The molecule has 0 bridgehead atoms. The summed E-state index contributed by atoms with van der Waals surface area (Å²) in [6.45, 7) is 7.05. The van der Waals surface area contributed by atoms with E-state index in [1.165, 1.54) is 6.42 Å². The third-order valence-corrected chi connectivity index (χ3v) is 10.8. The Hall–Kier alpha value is 0.729. The maximum absolute atomic E-state index is 2.37. The van der Waals surface area contributed by atoms with Gasteiger partial charge in [-0.2, -0.15) is 0 Å². The van der Waals surface area contributed by atoms with E-state index < -0.39 is 19.8 Å². The monoisotopic (exact) mass is 241 g/mol. The van der Waals surface area contributed by atoms with Gasteiger partial charge in [-0.3, -0.25) is 4.70 Å². The topological polar surface area (TPSA) is 0 Å². The van der Waals surface area contributed by atoms with Gasteiger partial charge in [0, 0.05) is 0 Å². The van der Waals surface area contributed by atoms with Gasteiger partial charge in [-0.1, -0.05) is 0 Å². The normalized spacial score (nSPS) is 9.33. The van der Waals surface area contributed by atoms with Crippen LogP contribution in [-0.2, 0) is 0 Å². The van der Waals surface area contributed by atoms with E-state index in [9.17, 15) is 0 Å². The fourth-order valence-electron chi connectivity index (χ4n) is 0.957. The minimum absolute atomic E-state index is 0. The Bertz CT molecular complexity index is 44.2. The van der Waals surface area contributed by atoms with Gasteiger partial charge in [0.05, 0.1) is 0 Å².